The standard InChI is InChI=1S/C22H32N4O2/c27-21(26-13-8-19-6-2-3-7-20(19)26)9-12-23-14-16-24(17-15-23)18-22(28)25-10-4-1-5-11-25/h2-3,6-7H,1,4-5,8-18H2. The van der Waals surface area contributed by atoms with Crippen LogP contribution < -0.4 is 4.90 Å². The van der Waals surface area contributed by atoms with Gasteiger partial charge in [-0.2, -0.15) is 0 Å². The molecule has 152 valence electrons. The number of hydrogen-bond donors (Lipinski definition) is 0. The van der Waals surface area contributed by atoms with Crippen LogP contribution in [0.2, 0.25) is 0 Å². The molecule has 28 heavy (non-hydrogen) atoms. The molecule has 0 aromatic heterocycles. The van der Waals surface area contributed by atoms with Crippen LogP contribution >= 0.6 is 0 Å². The van der Waals surface area contributed by atoms with Crippen LogP contribution in [0.3, 0.4) is 0 Å². The highest BCUT2D eigenvalue weighted by atomic mass is 16.2. The SMILES string of the molecule is O=C(CN1CCN(CCC(=O)N2CCc3ccccc32)CC1)N1CCCCC1. The van der Waals surface area contributed by atoms with E-state index in [0.717, 1.165) is 77.3 Å². The van der Waals surface area contributed by atoms with E-state index in [1.807, 2.05) is 21.9 Å². The molecular weight excluding hydrogens is 352 g/mol. The molecule has 3 aliphatic rings. The quantitative estimate of drug-likeness (QED) is 0.774. The van der Waals surface area contributed by atoms with Crippen LogP contribution in [0, 0.1) is 0 Å². The summed E-state index contributed by atoms with van der Waals surface area (Å²) < 4.78 is 0. The zero-order chi connectivity index (χ0) is 19.3. The van der Waals surface area contributed by atoms with E-state index in [0.29, 0.717) is 13.0 Å². The molecule has 1 aromatic rings. The number of amides is 2. The van der Waals surface area contributed by atoms with Gasteiger partial charge in [-0.05, 0) is 37.3 Å². The van der Waals surface area contributed by atoms with Crippen LogP contribution in [0.5, 0.6) is 0 Å². The van der Waals surface area contributed by atoms with E-state index in [1.165, 1.54) is 12.0 Å². The van der Waals surface area contributed by atoms with Crippen molar-refractivity contribution in [1.29, 1.82) is 0 Å². The Hall–Kier alpha value is -1.92. The molecule has 6 nitrogen and oxygen atoms in total. The van der Waals surface area contributed by atoms with Crippen molar-refractivity contribution < 1.29 is 9.59 Å². The van der Waals surface area contributed by atoms with E-state index in [1.54, 1.807) is 0 Å². The van der Waals surface area contributed by atoms with Crippen molar-refractivity contribution in [2.45, 2.75) is 32.1 Å². The fourth-order valence-corrected chi connectivity index (χ4v) is 4.59. The van der Waals surface area contributed by atoms with Gasteiger partial charge in [-0.3, -0.25) is 14.5 Å². The largest absolute Gasteiger partial charge is 0.342 e. The number of piperazine rings is 1. The van der Waals surface area contributed by atoms with E-state index in [-0.39, 0.29) is 11.8 Å². The molecule has 0 bridgehead atoms. The monoisotopic (exact) mass is 384 g/mol. The third-order valence-corrected chi connectivity index (χ3v) is 6.36. The number of nitrogens with zero attached hydrogens (tertiary/aromatic N) is 4. The maximum atomic E-state index is 12.7. The first kappa shape index (κ1) is 19.4. The van der Waals surface area contributed by atoms with Gasteiger partial charge in [0.05, 0.1) is 6.54 Å². The molecule has 6 heteroatoms. The zero-order valence-corrected chi connectivity index (χ0v) is 16.8. The lowest BCUT2D eigenvalue weighted by Crippen LogP contribution is -2.51. The van der Waals surface area contributed by atoms with Gasteiger partial charge >= 0.3 is 0 Å². The van der Waals surface area contributed by atoms with E-state index in [9.17, 15) is 9.59 Å². The summed E-state index contributed by atoms with van der Waals surface area (Å²) >= 11 is 0. The molecule has 2 amide bonds. The van der Waals surface area contributed by atoms with Crippen molar-refractivity contribution in [3.63, 3.8) is 0 Å². The van der Waals surface area contributed by atoms with Gasteiger partial charge < -0.3 is 14.7 Å². The molecule has 0 N–H and O–H groups in total. The molecule has 3 aliphatic heterocycles. The number of fused-ring (bicyclic) bond motifs is 1. The van der Waals surface area contributed by atoms with E-state index in [4.69, 9.17) is 0 Å². The summed E-state index contributed by atoms with van der Waals surface area (Å²) in [7, 11) is 0. The van der Waals surface area contributed by atoms with Gasteiger partial charge in [-0.15, -0.1) is 0 Å². The Morgan fingerprint density at radius 3 is 2.29 bits per heavy atom. The number of benzene rings is 1. The third kappa shape index (κ3) is 4.55. The van der Waals surface area contributed by atoms with Gasteiger partial charge in [0.15, 0.2) is 0 Å². The zero-order valence-electron chi connectivity index (χ0n) is 16.8. The van der Waals surface area contributed by atoms with E-state index >= 15 is 0 Å². The van der Waals surface area contributed by atoms with Crippen LogP contribution in [0.1, 0.15) is 31.2 Å². The highest BCUT2D eigenvalue weighted by molar-refractivity contribution is 5.95. The Bertz CT molecular complexity index is 694. The van der Waals surface area contributed by atoms with Crippen LogP contribution in [-0.4, -0.2) is 85.4 Å². The lowest BCUT2D eigenvalue weighted by Gasteiger charge is -2.36. The second-order valence-electron chi connectivity index (χ2n) is 8.23. The van der Waals surface area contributed by atoms with Crippen molar-refractivity contribution in [1.82, 2.24) is 14.7 Å². The predicted molar refractivity (Wildman–Crippen MR) is 110 cm³/mol. The van der Waals surface area contributed by atoms with Gasteiger partial charge in [0.2, 0.25) is 11.8 Å². The fraction of sp³-hybridized carbons (Fsp3) is 0.636. The Morgan fingerprint density at radius 2 is 1.50 bits per heavy atom. The van der Waals surface area contributed by atoms with Gasteiger partial charge in [0.1, 0.15) is 0 Å². The van der Waals surface area contributed by atoms with Crippen LogP contribution in [-0.2, 0) is 16.0 Å². The van der Waals surface area contributed by atoms with Crippen molar-refractivity contribution >= 4 is 17.5 Å². The van der Waals surface area contributed by atoms with Crippen molar-refractivity contribution in [3.8, 4) is 0 Å². The number of piperidine rings is 1. The molecule has 0 spiro atoms. The third-order valence-electron chi connectivity index (χ3n) is 6.36. The molecule has 0 saturated carbocycles. The van der Waals surface area contributed by atoms with Crippen molar-refractivity contribution in [2.75, 3.05) is 63.8 Å². The molecule has 2 fully saturated rings. The summed E-state index contributed by atoms with van der Waals surface area (Å²) in [4.78, 5) is 33.7. The number of rotatable bonds is 5. The number of hydrogen-bond acceptors (Lipinski definition) is 4. The molecule has 2 saturated heterocycles. The fourth-order valence-electron chi connectivity index (χ4n) is 4.59. The highest BCUT2D eigenvalue weighted by Crippen LogP contribution is 2.27. The minimum Gasteiger partial charge on any atom is -0.342 e. The minimum absolute atomic E-state index is 0.229. The molecule has 0 atom stereocenters. The Kier molecular flexibility index (Phi) is 6.27. The predicted octanol–water partition coefficient (Wildman–Crippen LogP) is 1.60. The van der Waals surface area contributed by atoms with E-state index < -0.39 is 0 Å². The number of likely N-dealkylation sites (tertiary alicyclic amines) is 1. The molecule has 0 unspecified atom stereocenters. The lowest BCUT2D eigenvalue weighted by atomic mass is 10.1. The topological polar surface area (TPSA) is 47.1 Å². The Balaban J connectivity index is 1.18. The smallest absolute Gasteiger partial charge is 0.236 e. The maximum Gasteiger partial charge on any atom is 0.236 e. The van der Waals surface area contributed by atoms with Crippen molar-refractivity contribution in [2.24, 2.45) is 0 Å². The Morgan fingerprint density at radius 1 is 0.786 bits per heavy atom. The molecule has 4 rings (SSSR count). The molecule has 3 heterocycles. The summed E-state index contributed by atoms with van der Waals surface area (Å²) in [5.74, 6) is 0.517. The second kappa shape index (κ2) is 9.05. The normalized spacial score (nSPS) is 21.0. The number of anilines is 1. The number of para-hydroxylation sites is 1. The van der Waals surface area contributed by atoms with Crippen LogP contribution in [0.4, 0.5) is 5.69 Å². The lowest BCUT2D eigenvalue weighted by molar-refractivity contribution is -0.133. The van der Waals surface area contributed by atoms with Crippen LogP contribution in [0.25, 0.3) is 0 Å². The summed E-state index contributed by atoms with van der Waals surface area (Å²) in [5, 5.41) is 0. The first-order chi connectivity index (χ1) is 13.7. The minimum atomic E-state index is 0.229. The molecule has 0 aliphatic carbocycles. The molecule has 0 radical (unpaired) electrons. The maximum absolute atomic E-state index is 12.7. The summed E-state index contributed by atoms with van der Waals surface area (Å²) in [6.45, 7) is 7.75. The summed E-state index contributed by atoms with van der Waals surface area (Å²) in [5.41, 5.74) is 2.37. The average Bonchev–Trinajstić information content (AvgIpc) is 3.18. The number of carbonyl (C=O) groups excluding carboxylic acids is 2. The average molecular weight is 385 g/mol. The first-order valence-electron chi connectivity index (χ1n) is 10.8. The number of carbonyl (C=O) groups is 2. The molecule has 1 aromatic carbocycles. The van der Waals surface area contributed by atoms with Crippen molar-refractivity contribution in [3.05, 3.63) is 29.8 Å². The molecular formula is C22H32N4O2. The van der Waals surface area contributed by atoms with Gasteiger partial charge in [-0.1, -0.05) is 18.2 Å². The van der Waals surface area contributed by atoms with E-state index in [2.05, 4.69) is 21.9 Å². The summed E-state index contributed by atoms with van der Waals surface area (Å²) in [6, 6.07) is 8.22. The van der Waals surface area contributed by atoms with Gasteiger partial charge in [0.25, 0.3) is 0 Å². The van der Waals surface area contributed by atoms with Crippen LogP contribution in [0.15, 0.2) is 24.3 Å². The van der Waals surface area contributed by atoms with Gasteiger partial charge in [0, 0.05) is 64.5 Å². The highest BCUT2D eigenvalue weighted by Gasteiger charge is 2.26. The Labute approximate surface area is 168 Å². The second-order valence-corrected chi connectivity index (χ2v) is 8.23. The first-order valence-corrected chi connectivity index (χ1v) is 10.8. The van der Waals surface area contributed by atoms with Gasteiger partial charge in [-0.25, -0.2) is 0 Å². The summed E-state index contributed by atoms with van der Waals surface area (Å²) in [6.07, 6.45) is 5.08.